The third-order valence-corrected chi connectivity index (χ3v) is 6.95. The van der Waals surface area contributed by atoms with Gasteiger partial charge >= 0.3 is 0 Å². The molecule has 2 aromatic heterocycles. The number of sulfone groups is 1. The van der Waals surface area contributed by atoms with Crippen LogP contribution >= 0.6 is 11.3 Å². The van der Waals surface area contributed by atoms with Gasteiger partial charge in [-0.15, -0.1) is 11.3 Å². The van der Waals surface area contributed by atoms with Gasteiger partial charge in [-0.25, -0.2) is 8.42 Å². The average Bonchev–Trinajstić information content (AvgIpc) is 3.09. The van der Waals surface area contributed by atoms with Gasteiger partial charge in [0.1, 0.15) is 4.21 Å². The lowest BCUT2D eigenvalue weighted by atomic mass is 10.2. The van der Waals surface area contributed by atoms with Gasteiger partial charge in [-0.1, -0.05) is 17.8 Å². The number of aromatic nitrogens is 1. The van der Waals surface area contributed by atoms with Gasteiger partial charge in [-0.3, -0.25) is 4.79 Å². The van der Waals surface area contributed by atoms with E-state index in [0.29, 0.717) is 11.3 Å². The highest BCUT2D eigenvalue weighted by atomic mass is 32.2. The molecule has 1 amide bonds. The fourth-order valence-electron chi connectivity index (χ4n) is 1.59. The third-order valence-electron chi connectivity index (χ3n) is 3.15. The number of allylic oxidation sites excluding steroid dienone is 1. The molecule has 6 nitrogen and oxygen atoms in total. The van der Waals surface area contributed by atoms with E-state index in [1.807, 2.05) is 0 Å². The van der Waals surface area contributed by atoms with Gasteiger partial charge in [0.25, 0.3) is 0 Å². The monoisotopic (exact) mass is 340 g/mol. The molecule has 0 fully saturated rings. The Hall–Kier alpha value is -1.93. The number of nitrogens with one attached hydrogen (secondary N) is 1. The number of anilines is 1. The van der Waals surface area contributed by atoms with E-state index < -0.39 is 20.5 Å². The van der Waals surface area contributed by atoms with Gasteiger partial charge in [0.05, 0.1) is 0 Å². The quantitative estimate of drug-likeness (QED) is 0.904. The van der Waals surface area contributed by atoms with E-state index in [9.17, 15) is 13.2 Å². The molecule has 8 heteroatoms. The van der Waals surface area contributed by atoms with E-state index in [4.69, 9.17) is 4.52 Å². The summed E-state index contributed by atoms with van der Waals surface area (Å²) < 4.78 is 28.6. The van der Waals surface area contributed by atoms with Gasteiger partial charge in [-0.2, -0.15) is 0 Å². The lowest BCUT2D eigenvalue weighted by Gasteiger charge is -2.22. The molecule has 0 aliphatic rings. The number of carbonyl (C=O) groups excluding carboxylic acids is 1. The first-order valence-electron chi connectivity index (χ1n) is 6.38. The predicted molar refractivity (Wildman–Crippen MR) is 85.4 cm³/mol. The van der Waals surface area contributed by atoms with Gasteiger partial charge in [-0.05, 0) is 37.8 Å². The largest absolute Gasteiger partial charge is 0.354 e. The average molecular weight is 340 g/mol. The molecule has 2 aromatic rings. The Kier molecular flexibility index (Phi) is 4.25. The van der Waals surface area contributed by atoms with Crippen LogP contribution in [0.3, 0.4) is 0 Å². The molecule has 0 saturated carbocycles. The minimum Gasteiger partial charge on any atom is -0.354 e. The Morgan fingerprint density at radius 1 is 1.45 bits per heavy atom. The molecule has 0 saturated heterocycles. The molecule has 2 heterocycles. The molecule has 22 heavy (non-hydrogen) atoms. The number of hydrogen-bond donors (Lipinski definition) is 1. The van der Waals surface area contributed by atoms with Crippen LogP contribution in [-0.4, -0.2) is 24.2 Å². The van der Waals surface area contributed by atoms with E-state index in [1.54, 1.807) is 18.4 Å². The minimum absolute atomic E-state index is 0.149. The number of thiophene rings is 1. The zero-order valence-electron chi connectivity index (χ0n) is 12.4. The molecule has 0 spiro atoms. The van der Waals surface area contributed by atoms with Crippen LogP contribution in [0.1, 0.15) is 26.5 Å². The van der Waals surface area contributed by atoms with Gasteiger partial charge in [0, 0.05) is 6.07 Å². The van der Waals surface area contributed by atoms with Crippen LogP contribution in [0.4, 0.5) is 5.82 Å². The van der Waals surface area contributed by atoms with E-state index in [0.717, 1.165) is 11.3 Å². The summed E-state index contributed by atoms with van der Waals surface area (Å²) in [6.07, 6.45) is 0. The fraction of sp³-hybridized carbons (Fsp3) is 0.286. The van der Waals surface area contributed by atoms with Crippen LogP contribution in [0.5, 0.6) is 0 Å². The van der Waals surface area contributed by atoms with Crippen LogP contribution in [0.15, 0.2) is 38.9 Å². The van der Waals surface area contributed by atoms with Crippen LogP contribution in [0, 0.1) is 0 Å². The Bertz CT molecular complexity index is 802. The summed E-state index contributed by atoms with van der Waals surface area (Å²) in [6, 6.07) is 4.60. The van der Waals surface area contributed by atoms with E-state index in [-0.39, 0.29) is 10.0 Å². The van der Waals surface area contributed by atoms with Crippen LogP contribution in [0.25, 0.3) is 5.57 Å². The first-order valence-corrected chi connectivity index (χ1v) is 8.74. The summed E-state index contributed by atoms with van der Waals surface area (Å²) in [5.41, 5.74) is 0.651. The van der Waals surface area contributed by atoms with E-state index >= 15 is 0 Å². The smallest absolute Gasteiger partial charge is 0.246 e. The maximum absolute atomic E-state index is 12.6. The maximum Gasteiger partial charge on any atom is 0.246 e. The second kappa shape index (κ2) is 5.69. The van der Waals surface area contributed by atoms with Crippen LogP contribution in [-0.2, 0) is 14.6 Å². The highest BCUT2D eigenvalue weighted by molar-refractivity contribution is 7.95. The van der Waals surface area contributed by atoms with Crippen molar-refractivity contribution in [3.8, 4) is 0 Å². The molecule has 0 aromatic carbocycles. The first kappa shape index (κ1) is 16.4. The molecule has 0 aliphatic carbocycles. The second-order valence-electron chi connectivity index (χ2n) is 5.26. The number of carbonyl (C=O) groups is 1. The second-order valence-corrected chi connectivity index (χ2v) is 8.93. The Labute approximate surface area is 132 Å². The lowest BCUT2D eigenvalue weighted by Crippen LogP contribution is -2.44. The Morgan fingerprint density at radius 3 is 2.64 bits per heavy atom. The van der Waals surface area contributed by atoms with Crippen LogP contribution in [0.2, 0.25) is 0 Å². The summed E-state index contributed by atoms with van der Waals surface area (Å²) >= 11 is 1.07. The van der Waals surface area contributed by atoms with E-state index in [1.165, 1.54) is 26.0 Å². The molecule has 0 unspecified atom stereocenters. The molecule has 0 aliphatic heterocycles. The van der Waals surface area contributed by atoms with Crippen molar-refractivity contribution in [3.05, 3.63) is 35.9 Å². The predicted octanol–water partition coefficient (Wildman–Crippen LogP) is 2.96. The van der Waals surface area contributed by atoms with Gasteiger partial charge in [0.2, 0.25) is 15.7 Å². The number of hydrogen-bond acceptors (Lipinski definition) is 6. The zero-order chi connectivity index (χ0) is 16.5. The van der Waals surface area contributed by atoms with Crippen molar-refractivity contribution in [1.82, 2.24) is 5.16 Å². The third kappa shape index (κ3) is 2.84. The molecular formula is C14H16N2O4S2. The summed E-state index contributed by atoms with van der Waals surface area (Å²) in [6.45, 7) is 8.15. The normalized spacial score (nSPS) is 12.1. The van der Waals surface area contributed by atoms with Crippen molar-refractivity contribution in [2.75, 3.05) is 5.32 Å². The van der Waals surface area contributed by atoms with Crippen molar-refractivity contribution >= 4 is 38.5 Å². The minimum atomic E-state index is -3.79. The standard InChI is InChI=1S/C14H16N2O4S2/c1-9(2)10-8-11(16-20-10)15-13(17)14(3,4)22(18,19)12-6-5-7-21-12/h5-8H,1H2,2-4H3,(H,15,16,17). The van der Waals surface area contributed by atoms with Crippen molar-refractivity contribution < 1.29 is 17.7 Å². The van der Waals surface area contributed by atoms with Crippen LogP contribution < -0.4 is 5.32 Å². The molecule has 1 N–H and O–H groups in total. The number of amides is 1. The van der Waals surface area contributed by atoms with Gasteiger partial charge in [0.15, 0.2) is 16.3 Å². The van der Waals surface area contributed by atoms with E-state index in [2.05, 4.69) is 17.1 Å². The number of nitrogens with zero attached hydrogens (tertiary/aromatic N) is 1. The topological polar surface area (TPSA) is 89.3 Å². The summed E-state index contributed by atoms with van der Waals surface area (Å²) in [4.78, 5) is 12.4. The molecular weight excluding hydrogens is 324 g/mol. The highest BCUT2D eigenvalue weighted by Gasteiger charge is 2.43. The molecule has 0 radical (unpaired) electrons. The van der Waals surface area contributed by atoms with Crippen molar-refractivity contribution in [2.24, 2.45) is 0 Å². The molecule has 118 valence electrons. The van der Waals surface area contributed by atoms with Crippen molar-refractivity contribution in [3.63, 3.8) is 0 Å². The zero-order valence-corrected chi connectivity index (χ0v) is 14.0. The Morgan fingerprint density at radius 2 is 2.14 bits per heavy atom. The SMILES string of the molecule is C=C(C)c1cc(NC(=O)C(C)(C)S(=O)(=O)c2cccs2)no1. The maximum atomic E-state index is 12.6. The summed E-state index contributed by atoms with van der Waals surface area (Å²) in [7, 11) is -3.79. The molecule has 0 atom stereocenters. The Balaban J connectivity index is 2.25. The lowest BCUT2D eigenvalue weighted by molar-refractivity contribution is -0.117. The molecule has 0 bridgehead atoms. The summed E-state index contributed by atoms with van der Waals surface area (Å²) in [5.74, 6) is -0.103. The van der Waals surface area contributed by atoms with Gasteiger partial charge < -0.3 is 9.84 Å². The van der Waals surface area contributed by atoms with Crippen molar-refractivity contribution in [2.45, 2.75) is 29.7 Å². The first-order chi connectivity index (χ1) is 10.2. The fourth-order valence-corrected chi connectivity index (χ4v) is 4.39. The number of rotatable bonds is 5. The van der Waals surface area contributed by atoms with Crippen molar-refractivity contribution in [1.29, 1.82) is 0 Å². The molecule has 2 rings (SSSR count). The highest BCUT2D eigenvalue weighted by Crippen LogP contribution is 2.30. The summed E-state index contributed by atoms with van der Waals surface area (Å²) in [5, 5.41) is 7.79.